The Morgan fingerprint density at radius 2 is 1.84 bits per heavy atom. The number of nitro benzene ring substituents is 1. The maximum atomic E-state index is 13.4. The molecule has 0 aliphatic heterocycles. The summed E-state index contributed by atoms with van der Waals surface area (Å²) in [4.78, 5) is 59.3. The summed E-state index contributed by atoms with van der Waals surface area (Å²) in [5.41, 5.74) is -0.820. The number of benzene rings is 1. The van der Waals surface area contributed by atoms with Gasteiger partial charge in [-0.05, 0) is 44.5 Å². The Balaban J connectivity index is 2.08. The fourth-order valence-corrected chi connectivity index (χ4v) is 4.01. The van der Waals surface area contributed by atoms with Crippen LogP contribution in [0, 0.1) is 10.1 Å². The number of aromatic nitrogens is 3. The molecule has 3 heterocycles. The van der Waals surface area contributed by atoms with Crippen molar-refractivity contribution in [2.45, 2.75) is 26.8 Å². The molecule has 0 unspecified atom stereocenters. The van der Waals surface area contributed by atoms with E-state index in [0.717, 1.165) is 0 Å². The Bertz CT molecular complexity index is 1670. The second-order valence-corrected chi connectivity index (χ2v) is 8.08. The van der Waals surface area contributed by atoms with Gasteiger partial charge in [0.05, 0.1) is 16.9 Å². The lowest BCUT2D eigenvalue weighted by Gasteiger charge is -2.15. The number of nitrogens with zero attached hydrogens (tertiary/aromatic N) is 5. The SMILES string of the molecule is CCOCCCn1c(=NC(=O)c2ccccc2[N+](=O)[O-])c(C(=O)OCC)cc2c(=O)n3ccccc3nc21. The molecule has 1 amide bonds. The molecule has 12 heteroatoms. The molecule has 0 atom stereocenters. The molecule has 3 aromatic heterocycles. The van der Waals surface area contributed by atoms with E-state index in [2.05, 4.69) is 9.98 Å². The lowest BCUT2D eigenvalue weighted by atomic mass is 10.1. The predicted octanol–water partition coefficient (Wildman–Crippen LogP) is 2.90. The molecule has 0 aliphatic rings. The zero-order valence-electron chi connectivity index (χ0n) is 20.8. The van der Waals surface area contributed by atoms with E-state index in [4.69, 9.17) is 9.47 Å². The van der Waals surface area contributed by atoms with Crippen LogP contribution in [0.1, 0.15) is 41.0 Å². The first-order valence-corrected chi connectivity index (χ1v) is 12.0. The number of hydrogen-bond donors (Lipinski definition) is 0. The van der Waals surface area contributed by atoms with E-state index in [1.54, 1.807) is 31.3 Å². The highest BCUT2D eigenvalue weighted by Gasteiger charge is 2.23. The van der Waals surface area contributed by atoms with Crippen LogP contribution in [0.2, 0.25) is 0 Å². The van der Waals surface area contributed by atoms with Gasteiger partial charge in [-0.2, -0.15) is 4.99 Å². The number of aryl methyl sites for hydroxylation is 1. The molecular formula is C26H25N5O7. The monoisotopic (exact) mass is 519 g/mol. The van der Waals surface area contributed by atoms with E-state index >= 15 is 0 Å². The number of fused-ring (bicyclic) bond motifs is 2. The molecular weight excluding hydrogens is 494 g/mol. The molecule has 0 radical (unpaired) electrons. The van der Waals surface area contributed by atoms with Gasteiger partial charge in [-0.3, -0.25) is 24.1 Å². The Labute approximate surface area is 215 Å². The zero-order valence-corrected chi connectivity index (χ0v) is 20.8. The minimum atomic E-state index is -0.932. The number of rotatable bonds is 9. The molecule has 0 aliphatic carbocycles. The van der Waals surface area contributed by atoms with Gasteiger partial charge in [-0.15, -0.1) is 0 Å². The lowest BCUT2D eigenvalue weighted by molar-refractivity contribution is -0.385. The van der Waals surface area contributed by atoms with Crippen molar-refractivity contribution in [2.24, 2.45) is 4.99 Å². The molecule has 0 saturated heterocycles. The predicted molar refractivity (Wildman–Crippen MR) is 137 cm³/mol. The number of amides is 1. The van der Waals surface area contributed by atoms with Gasteiger partial charge in [0.1, 0.15) is 22.4 Å². The maximum Gasteiger partial charge on any atom is 0.341 e. The third-order valence-electron chi connectivity index (χ3n) is 5.70. The Morgan fingerprint density at radius 1 is 1.08 bits per heavy atom. The largest absolute Gasteiger partial charge is 0.462 e. The number of ether oxygens (including phenoxy) is 2. The van der Waals surface area contributed by atoms with Crippen molar-refractivity contribution in [2.75, 3.05) is 19.8 Å². The number of carbonyl (C=O) groups excluding carboxylic acids is 2. The molecule has 4 aromatic rings. The van der Waals surface area contributed by atoms with Gasteiger partial charge in [-0.1, -0.05) is 18.2 Å². The van der Waals surface area contributed by atoms with Crippen molar-refractivity contribution in [3.05, 3.63) is 91.8 Å². The molecule has 12 nitrogen and oxygen atoms in total. The van der Waals surface area contributed by atoms with E-state index in [9.17, 15) is 24.5 Å². The van der Waals surface area contributed by atoms with Crippen LogP contribution < -0.4 is 11.0 Å². The fourth-order valence-electron chi connectivity index (χ4n) is 4.01. The van der Waals surface area contributed by atoms with Gasteiger partial charge in [0.25, 0.3) is 17.2 Å². The van der Waals surface area contributed by atoms with E-state index in [1.807, 2.05) is 6.92 Å². The van der Waals surface area contributed by atoms with Crippen LogP contribution in [0.25, 0.3) is 16.7 Å². The van der Waals surface area contributed by atoms with Gasteiger partial charge < -0.3 is 14.0 Å². The summed E-state index contributed by atoms with van der Waals surface area (Å²) in [6, 6.07) is 11.8. The first kappa shape index (κ1) is 26.4. The molecule has 38 heavy (non-hydrogen) atoms. The van der Waals surface area contributed by atoms with Crippen LogP contribution in [-0.4, -0.2) is 50.6 Å². The number of carbonyl (C=O) groups is 2. The molecule has 0 fully saturated rings. The second kappa shape index (κ2) is 11.6. The van der Waals surface area contributed by atoms with Crippen LogP contribution in [0.3, 0.4) is 0 Å². The van der Waals surface area contributed by atoms with Crippen molar-refractivity contribution < 1.29 is 24.0 Å². The summed E-state index contributed by atoms with van der Waals surface area (Å²) < 4.78 is 13.5. The fraction of sp³-hybridized carbons (Fsp3) is 0.269. The van der Waals surface area contributed by atoms with Gasteiger partial charge >= 0.3 is 5.97 Å². The van der Waals surface area contributed by atoms with Crippen LogP contribution in [0.15, 0.2) is 64.5 Å². The quantitative estimate of drug-likeness (QED) is 0.108. The number of pyridine rings is 2. The van der Waals surface area contributed by atoms with Crippen LogP contribution in [0.4, 0.5) is 5.69 Å². The minimum absolute atomic E-state index is 0.0354. The van der Waals surface area contributed by atoms with Crippen molar-refractivity contribution in [1.82, 2.24) is 14.0 Å². The smallest absolute Gasteiger partial charge is 0.341 e. The molecule has 0 spiro atoms. The average Bonchev–Trinajstić information content (AvgIpc) is 2.92. The summed E-state index contributed by atoms with van der Waals surface area (Å²) in [7, 11) is 0. The third kappa shape index (κ3) is 5.20. The van der Waals surface area contributed by atoms with E-state index in [-0.39, 0.29) is 40.8 Å². The van der Waals surface area contributed by atoms with Gasteiger partial charge in [0.15, 0.2) is 5.49 Å². The van der Waals surface area contributed by atoms with Crippen LogP contribution in [-0.2, 0) is 16.0 Å². The highest BCUT2D eigenvalue weighted by molar-refractivity contribution is 6.00. The Kier molecular flexibility index (Phi) is 8.02. The van der Waals surface area contributed by atoms with Crippen LogP contribution >= 0.6 is 0 Å². The number of hydrogen-bond acceptors (Lipinski definition) is 8. The zero-order chi connectivity index (χ0) is 27.2. The van der Waals surface area contributed by atoms with Crippen molar-refractivity contribution in [3.63, 3.8) is 0 Å². The second-order valence-electron chi connectivity index (χ2n) is 8.08. The molecule has 1 aromatic carbocycles. The third-order valence-corrected chi connectivity index (χ3v) is 5.70. The topological polar surface area (TPSA) is 147 Å². The van der Waals surface area contributed by atoms with Gasteiger partial charge in [-0.25, -0.2) is 9.78 Å². The highest BCUT2D eigenvalue weighted by atomic mass is 16.6. The summed E-state index contributed by atoms with van der Waals surface area (Å²) in [5.74, 6) is -1.74. The van der Waals surface area contributed by atoms with Crippen LogP contribution in [0.5, 0.6) is 0 Å². The minimum Gasteiger partial charge on any atom is -0.462 e. The van der Waals surface area contributed by atoms with E-state index in [0.29, 0.717) is 25.3 Å². The average molecular weight is 520 g/mol. The Hall–Kier alpha value is -4.71. The summed E-state index contributed by atoms with van der Waals surface area (Å²) >= 11 is 0. The first-order valence-electron chi connectivity index (χ1n) is 12.0. The Morgan fingerprint density at radius 3 is 2.58 bits per heavy atom. The van der Waals surface area contributed by atoms with Gasteiger partial charge in [0.2, 0.25) is 0 Å². The van der Waals surface area contributed by atoms with E-state index < -0.39 is 28.0 Å². The van der Waals surface area contributed by atoms with Crippen molar-refractivity contribution in [3.8, 4) is 0 Å². The highest BCUT2D eigenvalue weighted by Crippen LogP contribution is 2.19. The molecule has 0 bridgehead atoms. The molecule has 0 N–H and O–H groups in total. The van der Waals surface area contributed by atoms with E-state index in [1.165, 1.54) is 39.3 Å². The van der Waals surface area contributed by atoms with Gasteiger partial charge in [0, 0.05) is 32.0 Å². The molecule has 0 saturated carbocycles. The maximum absolute atomic E-state index is 13.4. The lowest BCUT2D eigenvalue weighted by Crippen LogP contribution is -2.33. The summed E-state index contributed by atoms with van der Waals surface area (Å²) in [6.07, 6.45) is 2.00. The molecule has 196 valence electrons. The standard InChI is InChI=1S/C26H25N5O7/c1-3-37-15-9-14-30-22-18(25(33)29-13-8-7-12-21(29)27-22)16-19(26(34)38-4-2)23(30)28-24(32)17-10-5-6-11-20(17)31(35)36/h5-8,10-13,16H,3-4,9,14-15H2,1-2H3. The number of para-hydroxylation sites is 1. The first-order chi connectivity index (χ1) is 18.4. The number of esters is 1. The summed E-state index contributed by atoms with van der Waals surface area (Å²) in [6.45, 7) is 4.54. The molecule has 4 rings (SSSR count). The van der Waals surface area contributed by atoms with Crippen molar-refractivity contribution >= 4 is 34.2 Å². The van der Waals surface area contributed by atoms with Crippen molar-refractivity contribution in [1.29, 1.82) is 0 Å². The normalized spacial score (nSPS) is 11.7. The summed E-state index contributed by atoms with van der Waals surface area (Å²) in [5, 5.41) is 11.6. The number of nitro groups is 1.